The van der Waals surface area contributed by atoms with Crippen LogP contribution in [0.2, 0.25) is 0 Å². The van der Waals surface area contributed by atoms with Crippen molar-refractivity contribution in [2.45, 2.75) is 41.5 Å². The Balaban J connectivity index is 0.000000346. The zero-order valence-corrected chi connectivity index (χ0v) is 18.5. The van der Waals surface area contributed by atoms with E-state index >= 15 is 0 Å². The van der Waals surface area contributed by atoms with Gasteiger partial charge in [0, 0.05) is 17.3 Å². The van der Waals surface area contributed by atoms with Crippen LogP contribution in [0.1, 0.15) is 51.9 Å². The van der Waals surface area contributed by atoms with Gasteiger partial charge in [0.2, 0.25) is 0 Å². The van der Waals surface area contributed by atoms with Gasteiger partial charge in [0.25, 0.3) is 0 Å². The third kappa shape index (κ3) is 6.76. The van der Waals surface area contributed by atoms with Gasteiger partial charge in [-0.1, -0.05) is 25.1 Å². The van der Waals surface area contributed by atoms with Crippen LogP contribution in [0.15, 0.2) is 52.9 Å². The summed E-state index contributed by atoms with van der Waals surface area (Å²) in [6, 6.07) is 8.96. The van der Waals surface area contributed by atoms with E-state index < -0.39 is 11.9 Å². The molecule has 1 aromatic carbocycles. The Morgan fingerprint density at radius 1 is 0.767 bits per heavy atom. The molecule has 1 aromatic rings. The Bertz CT molecular complexity index is 770. The predicted octanol–water partition coefficient (Wildman–Crippen LogP) is 3.76. The highest BCUT2D eigenvalue weighted by Gasteiger charge is 2.33. The summed E-state index contributed by atoms with van der Waals surface area (Å²) in [5.74, 6) is -1.38. The molecule has 1 heterocycles. The molecule has 0 saturated carbocycles. The first-order valence-electron chi connectivity index (χ1n) is 10.0. The molecule has 0 radical (unpaired) electrons. The lowest BCUT2D eigenvalue weighted by Crippen LogP contribution is -2.32. The first kappa shape index (κ1) is 24.9. The van der Waals surface area contributed by atoms with Gasteiger partial charge in [-0.3, -0.25) is 0 Å². The number of benzene rings is 1. The number of ether oxygens (including phenoxy) is 3. The summed E-state index contributed by atoms with van der Waals surface area (Å²) in [5, 5.41) is 3.05. The molecular formula is C23H31NO6. The van der Waals surface area contributed by atoms with Gasteiger partial charge in [0.05, 0.1) is 36.5 Å². The SMILES string of the molecule is CCOC(=O)C1=C(C)NC(C)=C(C(=O)OCC)C1C.CCOC(=O)c1ccccc1. The molecule has 2 rings (SSSR count). The van der Waals surface area contributed by atoms with Crippen molar-refractivity contribution in [3.8, 4) is 0 Å². The molecule has 0 spiro atoms. The van der Waals surface area contributed by atoms with Crippen LogP contribution in [0.25, 0.3) is 0 Å². The zero-order chi connectivity index (χ0) is 22.7. The Hall–Kier alpha value is -3.09. The smallest absolute Gasteiger partial charge is 0.338 e. The molecule has 0 fully saturated rings. The van der Waals surface area contributed by atoms with Gasteiger partial charge in [0.15, 0.2) is 0 Å². The monoisotopic (exact) mass is 417 g/mol. The molecule has 1 N–H and O–H groups in total. The molecular weight excluding hydrogens is 386 g/mol. The summed E-state index contributed by atoms with van der Waals surface area (Å²) in [6.45, 7) is 11.7. The van der Waals surface area contributed by atoms with E-state index in [1.54, 1.807) is 46.8 Å². The summed E-state index contributed by atoms with van der Waals surface area (Å²) in [4.78, 5) is 34.9. The molecule has 7 heteroatoms. The average Bonchev–Trinajstić information content (AvgIpc) is 2.69. The predicted molar refractivity (Wildman–Crippen MR) is 113 cm³/mol. The van der Waals surface area contributed by atoms with Crippen LogP contribution in [0.4, 0.5) is 0 Å². The highest BCUT2D eigenvalue weighted by Crippen LogP contribution is 2.30. The second-order valence-electron chi connectivity index (χ2n) is 6.45. The first-order chi connectivity index (χ1) is 14.3. The maximum atomic E-state index is 12.0. The molecule has 0 aromatic heterocycles. The van der Waals surface area contributed by atoms with E-state index in [-0.39, 0.29) is 11.9 Å². The van der Waals surface area contributed by atoms with Crippen LogP contribution in [-0.2, 0) is 23.8 Å². The number of hydrogen-bond acceptors (Lipinski definition) is 7. The van der Waals surface area contributed by atoms with E-state index in [4.69, 9.17) is 14.2 Å². The van der Waals surface area contributed by atoms with Gasteiger partial charge in [-0.25, -0.2) is 14.4 Å². The molecule has 1 aliphatic heterocycles. The fourth-order valence-corrected chi connectivity index (χ4v) is 3.08. The molecule has 0 saturated heterocycles. The molecule has 0 atom stereocenters. The normalized spacial score (nSPS) is 13.7. The highest BCUT2D eigenvalue weighted by atomic mass is 16.5. The lowest BCUT2D eigenvalue weighted by molar-refractivity contribution is -0.140. The van der Waals surface area contributed by atoms with Gasteiger partial charge in [-0.2, -0.15) is 0 Å². The summed E-state index contributed by atoms with van der Waals surface area (Å²) in [5.41, 5.74) is 3.01. The third-order valence-electron chi connectivity index (χ3n) is 4.32. The fraction of sp³-hybridized carbons (Fsp3) is 0.435. The van der Waals surface area contributed by atoms with Crippen molar-refractivity contribution in [2.75, 3.05) is 19.8 Å². The molecule has 0 amide bonds. The second kappa shape index (κ2) is 12.5. The van der Waals surface area contributed by atoms with Gasteiger partial charge >= 0.3 is 17.9 Å². The van der Waals surface area contributed by atoms with Crippen molar-refractivity contribution in [3.05, 3.63) is 58.4 Å². The number of esters is 3. The number of nitrogens with one attached hydrogen (secondary N) is 1. The van der Waals surface area contributed by atoms with Gasteiger partial charge < -0.3 is 19.5 Å². The molecule has 164 valence electrons. The first-order valence-corrected chi connectivity index (χ1v) is 10.0. The number of hydrogen-bond donors (Lipinski definition) is 1. The summed E-state index contributed by atoms with van der Waals surface area (Å²) >= 11 is 0. The van der Waals surface area contributed by atoms with Crippen molar-refractivity contribution in [1.82, 2.24) is 5.32 Å². The second-order valence-corrected chi connectivity index (χ2v) is 6.45. The summed E-state index contributed by atoms with van der Waals surface area (Å²) in [7, 11) is 0. The van der Waals surface area contributed by atoms with Crippen LogP contribution < -0.4 is 5.32 Å². The number of carbonyl (C=O) groups excluding carboxylic acids is 3. The zero-order valence-electron chi connectivity index (χ0n) is 18.5. The standard InChI is InChI=1S/C14H21NO4.C9H10O2/c1-6-18-13(16)11-8(3)12(14(17)19-7-2)10(5)15-9(11)4;1-2-11-9(10)8-6-4-3-5-7-8/h8,15H,6-7H2,1-5H3;3-7H,2H2,1H3. The minimum atomic E-state index is -0.394. The summed E-state index contributed by atoms with van der Waals surface area (Å²) < 4.78 is 14.9. The van der Waals surface area contributed by atoms with Gasteiger partial charge in [0.1, 0.15) is 0 Å². The Kier molecular flexibility index (Phi) is 10.4. The molecule has 30 heavy (non-hydrogen) atoms. The molecule has 0 unspecified atom stereocenters. The maximum absolute atomic E-state index is 12.0. The number of dihydropyridines is 1. The van der Waals surface area contributed by atoms with Crippen molar-refractivity contribution in [2.24, 2.45) is 5.92 Å². The van der Waals surface area contributed by atoms with E-state index in [2.05, 4.69) is 5.32 Å². The molecule has 0 bridgehead atoms. The average molecular weight is 418 g/mol. The minimum Gasteiger partial charge on any atom is -0.463 e. The fourth-order valence-electron chi connectivity index (χ4n) is 3.08. The number of rotatable bonds is 6. The van der Waals surface area contributed by atoms with Crippen LogP contribution in [-0.4, -0.2) is 37.7 Å². The van der Waals surface area contributed by atoms with E-state index in [1.807, 2.05) is 25.1 Å². The Morgan fingerprint density at radius 3 is 1.57 bits per heavy atom. The van der Waals surface area contributed by atoms with Crippen molar-refractivity contribution in [1.29, 1.82) is 0 Å². The van der Waals surface area contributed by atoms with Crippen molar-refractivity contribution in [3.63, 3.8) is 0 Å². The van der Waals surface area contributed by atoms with Crippen LogP contribution in [0.5, 0.6) is 0 Å². The minimum absolute atomic E-state index is 0.256. The topological polar surface area (TPSA) is 90.9 Å². The van der Waals surface area contributed by atoms with Crippen LogP contribution in [0, 0.1) is 5.92 Å². The number of allylic oxidation sites excluding steroid dienone is 2. The highest BCUT2D eigenvalue weighted by molar-refractivity contribution is 5.97. The van der Waals surface area contributed by atoms with Crippen LogP contribution in [0.3, 0.4) is 0 Å². The van der Waals surface area contributed by atoms with E-state index in [0.717, 1.165) is 11.4 Å². The lowest BCUT2D eigenvalue weighted by Gasteiger charge is -2.27. The summed E-state index contributed by atoms with van der Waals surface area (Å²) in [6.07, 6.45) is 0. The Morgan fingerprint density at radius 2 is 1.17 bits per heavy atom. The molecule has 1 aliphatic rings. The third-order valence-corrected chi connectivity index (χ3v) is 4.32. The van der Waals surface area contributed by atoms with Crippen molar-refractivity contribution >= 4 is 17.9 Å². The maximum Gasteiger partial charge on any atom is 0.338 e. The van der Waals surface area contributed by atoms with Crippen LogP contribution >= 0.6 is 0 Å². The Labute approximate surface area is 178 Å². The van der Waals surface area contributed by atoms with E-state index in [1.165, 1.54) is 0 Å². The van der Waals surface area contributed by atoms with Gasteiger partial charge in [-0.05, 0) is 46.8 Å². The molecule has 7 nitrogen and oxygen atoms in total. The van der Waals surface area contributed by atoms with Gasteiger partial charge in [-0.15, -0.1) is 0 Å². The molecule has 0 aliphatic carbocycles. The van der Waals surface area contributed by atoms with E-state index in [0.29, 0.717) is 36.5 Å². The van der Waals surface area contributed by atoms with E-state index in [9.17, 15) is 14.4 Å². The number of carbonyl (C=O) groups is 3. The lowest BCUT2D eigenvalue weighted by atomic mass is 9.87. The largest absolute Gasteiger partial charge is 0.463 e. The van der Waals surface area contributed by atoms with Crippen molar-refractivity contribution < 1.29 is 28.6 Å². The quantitative estimate of drug-likeness (QED) is 0.557.